The smallest absolute Gasteiger partial charge is 0.312 e. The summed E-state index contributed by atoms with van der Waals surface area (Å²) < 4.78 is 5.22. The molecule has 0 N–H and O–H groups in total. The summed E-state index contributed by atoms with van der Waals surface area (Å²) >= 11 is 0. The zero-order valence-corrected chi connectivity index (χ0v) is 9.14. The van der Waals surface area contributed by atoms with E-state index in [1.807, 2.05) is 25.1 Å². The fraction of sp³-hybridized carbons (Fsp3) is 0.462. The molecular weight excluding hydrogens is 188 g/mol. The number of carbonyl (C=O) groups excluding carboxylic acids is 1. The standard InChI is InChI=1S/C13H16O2/c1-3-11(10-7-5-4-6-8-10)12-9(2)13(14)15-12/h4-9,11-12H,3H2,1-2H3/t9-,11+,12-/m1/s1. The fourth-order valence-electron chi connectivity index (χ4n) is 2.19. The van der Waals surface area contributed by atoms with Crippen molar-refractivity contribution in [1.82, 2.24) is 0 Å². The third kappa shape index (κ3) is 1.76. The molecule has 1 aromatic rings. The van der Waals surface area contributed by atoms with E-state index in [2.05, 4.69) is 19.1 Å². The van der Waals surface area contributed by atoms with Crippen LogP contribution in [0.2, 0.25) is 0 Å². The maximum Gasteiger partial charge on any atom is 0.312 e. The van der Waals surface area contributed by atoms with Gasteiger partial charge in [-0.2, -0.15) is 0 Å². The van der Waals surface area contributed by atoms with Crippen LogP contribution in [0.1, 0.15) is 31.7 Å². The zero-order valence-electron chi connectivity index (χ0n) is 9.14. The van der Waals surface area contributed by atoms with Gasteiger partial charge < -0.3 is 4.74 Å². The van der Waals surface area contributed by atoms with Crippen molar-refractivity contribution in [1.29, 1.82) is 0 Å². The van der Waals surface area contributed by atoms with Gasteiger partial charge in [0.15, 0.2) is 0 Å². The first kappa shape index (κ1) is 10.2. The fourth-order valence-corrected chi connectivity index (χ4v) is 2.19. The minimum absolute atomic E-state index is 0.0511. The van der Waals surface area contributed by atoms with Crippen molar-refractivity contribution in [2.75, 3.05) is 0 Å². The lowest BCUT2D eigenvalue weighted by Gasteiger charge is -2.38. The van der Waals surface area contributed by atoms with Crippen molar-refractivity contribution < 1.29 is 9.53 Å². The van der Waals surface area contributed by atoms with Crippen molar-refractivity contribution in [3.63, 3.8) is 0 Å². The minimum atomic E-state index is -0.0608. The number of hydrogen-bond donors (Lipinski definition) is 0. The van der Waals surface area contributed by atoms with Gasteiger partial charge in [0.1, 0.15) is 6.10 Å². The van der Waals surface area contributed by atoms with Crippen molar-refractivity contribution in [3.8, 4) is 0 Å². The molecule has 2 rings (SSSR count). The van der Waals surface area contributed by atoms with E-state index in [1.54, 1.807) is 0 Å². The molecular formula is C13H16O2. The Balaban J connectivity index is 2.15. The molecule has 1 fully saturated rings. The van der Waals surface area contributed by atoms with Gasteiger partial charge in [-0.25, -0.2) is 0 Å². The summed E-state index contributed by atoms with van der Waals surface area (Å²) in [5.74, 6) is 0.337. The third-order valence-corrected chi connectivity index (χ3v) is 3.18. The summed E-state index contributed by atoms with van der Waals surface area (Å²) in [4.78, 5) is 11.1. The lowest BCUT2D eigenvalue weighted by atomic mass is 9.81. The van der Waals surface area contributed by atoms with Crippen LogP contribution in [0.4, 0.5) is 0 Å². The Bertz CT molecular complexity index is 345. The molecule has 0 amide bonds. The second kappa shape index (κ2) is 4.05. The van der Waals surface area contributed by atoms with Gasteiger partial charge in [0.2, 0.25) is 0 Å². The van der Waals surface area contributed by atoms with Gasteiger partial charge in [-0.15, -0.1) is 0 Å². The summed E-state index contributed by atoms with van der Waals surface area (Å²) in [6.45, 7) is 4.08. The quantitative estimate of drug-likeness (QED) is 0.708. The molecule has 0 aliphatic carbocycles. The topological polar surface area (TPSA) is 26.3 Å². The van der Waals surface area contributed by atoms with Crippen molar-refractivity contribution in [2.24, 2.45) is 5.92 Å². The van der Waals surface area contributed by atoms with Crippen molar-refractivity contribution in [3.05, 3.63) is 35.9 Å². The van der Waals surface area contributed by atoms with Crippen LogP contribution in [0.5, 0.6) is 0 Å². The monoisotopic (exact) mass is 204 g/mol. The van der Waals surface area contributed by atoms with E-state index < -0.39 is 0 Å². The first-order chi connectivity index (χ1) is 7.24. The van der Waals surface area contributed by atoms with Crippen LogP contribution in [0, 0.1) is 5.92 Å². The highest BCUT2D eigenvalue weighted by Crippen LogP contribution is 2.36. The van der Waals surface area contributed by atoms with Crippen LogP contribution in [0.3, 0.4) is 0 Å². The Hall–Kier alpha value is -1.31. The number of carbonyl (C=O) groups is 1. The molecule has 0 saturated carbocycles. The molecule has 1 heterocycles. The van der Waals surface area contributed by atoms with Crippen molar-refractivity contribution >= 4 is 5.97 Å². The third-order valence-electron chi connectivity index (χ3n) is 3.18. The van der Waals surface area contributed by atoms with E-state index >= 15 is 0 Å². The molecule has 1 aliphatic heterocycles. The van der Waals surface area contributed by atoms with Crippen LogP contribution >= 0.6 is 0 Å². The molecule has 15 heavy (non-hydrogen) atoms. The molecule has 0 bridgehead atoms. The summed E-state index contributed by atoms with van der Waals surface area (Å²) in [6, 6.07) is 10.3. The van der Waals surface area contributed by atoms with E-state index in [1.165, 1.54) is 5.56 Å². The highest BCUT2D eigenvalue weighted by atomic mass is 16.6. The maximum atomic E-state index is 11.1. The lowest BCUT2D eigenvalue weighted by Crippen LogP contribution is -2.46. The van der Waals surface area contributed by atoms with Gasteiger partial charge in [-0.1, -0.05) is 37.3 Å². The molecule has 0 radical (unpaired) electrons. The van der Waals surface area contributed by atoms with Gasteiger partial charge >= 0.3 is 5.97 Å². The Morgan fingerprint density at radius 3 is 2.47 bits per heavy atom. The average molecular weight is 204 g/mol. The maximum absolute atomic E-state index is 11.1. The highest BCUT2D eigenvalue weighted by Gasteiger charge is 2.43. The average Bonchev–Trinajstić information content (AvgIpc) is 2.30. The van der Waals surface area contributed by atoms with E-state index in [9.17, 15) is 4.79 Å². The van der Waals surface area contributed by atoms with Gasteiger partial charge in [0.25, 0.3) is 0 Å². The second-order valence-electron chi connectivity index (χ2n) is 4.12. The SMILES string of the molecule is CC[C@@H](c1ccccc1)[C@@H]1OC(=O)[C@@H]1C. The number of esters is 1. The Morgan fingerprint density at radius 1 is 1.33 bits per heavy atom. The number of cyclic esters (lactones) is 1. The number of rotatable bonds is 3. The van der Waals surface area contributed by atoms with Crippen LogP contribution in [-0.4, -0.2) is 12.1 Å². The molecule has 1 aliphatic rings. The molecule has 3 atom stereocenters. The van der Waals surface area contributed by atoms with Crippen LogP contribution in [-0.2, 0) is 9.53 Å². The second-order valence-corrected chi connectivity index (χ2v) is 4.12. The first-order valence-electron chi connectivity index (χ1n) is 5.49. The predicted octanol–water partition coefficient (Wildman–Crippen LogP) is 2.74. The Morgan fingerprint density at radius 2 is 2.00 bits per heavy atom. The molecule has 2 heteroatoms. The molecule has 80 valence electrons. The summed E-state index contributed by atoms with van der Waals surface area (Å²) in [5.41, 5.74) is 1.27. The van der Waals surface area contributed by atoms with Gasteiger partial charge in [0.05, 0.1) is 5.92 Å². The highest BCUT2D eigenvalue weighted by molar-refractivity contribution is 5.78. The lowest BCUT2D eigenvalue weighted by molar-refractivity contribution is -0.185. The molecule has 0 spiro atoms. The van der Waals surface area contributed by atoms with Crippen LogP contribution in [0.15, 0.2) is 30.3 Å². The van der Waals surface area contributed by atoms with E-state index in [0.29, 0.717) is 5.92 Å². The van der Waals surface area contributed by atoms with E-state index in [4.69, 9.17) is 4.74 Å². The van der Waals surface area contributed by atoms with E-state index in [0.717, 1.165) is 6.42 Å². The van der Waals surface area contributed by atoms with Crippen LogP contribution in [0.25, 0.3) is 0 Å². The number of hydrogen-bond acceptors (Lipinski definition) is 2. The zero-order chi connectivity index (χ0) is 10.8. The molecule has 0 unspecified atom stereocenters. The normalized spacial score (nSPS) is 26.7. The molecule has 2 nitrogen and oxygen atoms in total. The van der Waals surface area contributed by atoms with Gasteiger partial charge in [-0.3, -0.25) is 4.79 Å². The number of benzene rings is 1. The van der Waals surface area contributed by atoms with Crippen molar-refractivity contribution in [2.45, 2.75) is 32.3 Å². The molecule has 1 aromatic carbocycles. The predicted molar refractivity (Wildman–Crippen MR) is 58.5 cm³/mol. The summed E-state index contributed by atoms with van der Waals surface area (Å²) in [7, 11) is 0. The van der Waals surface area contributed by atoms with E-state index in [-0.39, 0.29) is 18.0 Å². The first-order valence-corrected chi connectivity index (χ1v) is 5.49. The summed E-state index contributed by atoms with van der Waals surface area (Å²) in [6.07, 6.45) is 1.08. The number of ether oxygens (including phenoxy) is 1. The Labute approximate surface area is 90.3 Å². The largest absolute Gasteiger partial charge is 0.461 e. The Kier molecular flexibility index (Phi) is 2.76. The molecule has 0 aromatic heterocycles. The molecule has 1 saturated heterocycles. The van der Waals surface area contributed by atoms with Gasteiger partial charge in [0, 0.05) is 5.92 Å². The minimum Gasteiger partial charge on any atom is -0.461 e. The van der Waals surface area contributed by atoms with Gasteiger partial charge in [-0.05, 0) is 18.9 Å². The summed E-state index contributed by atoms with van der Waals surface area (Å²) in [5, 5.41) is 0. The van der Waals surface area contributed by atoms with Crippen LogP contribution < -0.4 is 0 Å².